The Kier molecular flexibility index (Phi) is 12.6. The van der Waals surface area contributed by atoms with Crippen molar-refractivity contribution in [3.05, 3.63) is 169 Å². The second-order valence-electron chi connectivity index (χ2n) is 9.55. The number of hydrogen-bond donors (Lipinski definition) is 2. The molecule has 4 N–H and O–H groups in total. The second kappa shape index (κ2) is 16.3. The Balaban J connectivity index is 0.000000220. The minimum atomic E-state index is 0. The average Bonchev–Trinajstić information content (AvgIpc) is 3.06. The normalized spacial score (nSPS) is 9.95. The fourth-order valence-corrected chi connectivity index (χ4v) is 5.10. The maximum atomic E-state index is 5.88. The van der Waals surface area contributed by atoms with Gasteiger partial charge in [0, 0.05) is 13.1 Å². The molecule has 0 atom stereocenters. The first kappa shape index (κ1) is 32.3. The van der Waals surface area contributed by atoms with E-state index in [9.17, 15) is 0 Å². The van der Waals surface area contributed by atoms with Crippen LogP contribution in [0.3, 0.4) is 0 Å². The lowest BCUT2D eigenvalue weighted by molar-refractivity contribution is 1.07. The number of benzene rings is 6. The fourth-order valence-electron chi connectivity index (χ4n) is 5.10. The molecule has 212 valence electrons. The minimum absolute atomic E-state index is 0. The molecule has 0 fully saturated rings. The zero-order valence-electron chi connectivity index (χ0n) is 23.4. The van der Waals surface area contributed by atoms with Gasteiger partial charge in [-0.1, -0.05) is 158 Å². The number of nitrogens with two attached hydrogens (primary N) is 2. The summed E-state index contributed by atoms with van der Waals surface area (Å²) in [7, 11) is 0. The van der Waals surface area contributed by atoms with Crippen molar-refractivity contribution >= 4 is 24.8 Å². The first-order valence-corrected chi connectivity index (χ1v) is 13.7. The van der Waals surface area contributed by atoms with E-state index < -0.39 is 0 Å². The monoisotopic (exact) mass is 590 g/mol. The molecule has 6 rings (SSSR count). The van der Waals surface area contributed by atoms with E-state index in [1.807, 2.05) is 24.3 Å². The molecule has 0 saturated heterocycles. The van der Waals surface area contributed by atoms with Gasteiger partial charge in [-0.3, -0.25) is 0 Å². The molecular weight excluding hydrogens is 555 g/mol. The Morgan fingerprint density at radius 3 is 0.881 bits per heavy atom. The second-order valence-corrected chi connectivity index (χ2v) is 9.55. The highest BCUT2D eigenvalue weighted by molar-refractivity contribution is 5.86. The Bertz CT molecular complexity index is 1540. The maximum absolute atomic E-state index is 5.88. The van der Waals surface area contributed by atoms with E-state index >= 15 is 0 Å². The van der Waals surface area contributed by atoms with Gasteiger partial charge in [0.15, 0.2) is 0 Å². The van der Waals surface area contributed by atoms with Crippen molar-refractivity contribution in [2.24, 2.45) is 11.5 Å². The minimum Gasteiger partial charge on any atom is -0.326 e. The summed E-state index contributed by atoms with van der Waals surface area (Å²) in [6.45, 7) is 1.11. The summed E-state index contributed by atoms with van der Waals surface area (Å²) in [5, 5.41) is 0. The largest absolute Gasteiger partial charge is 0.326 e. The highest BCUT2D eigenvalue weighted by Crippen LogP contribution is 2.34. The quantitative estimate of drug-likeness (QED) is 0.203. The molecular formula is C38H36Cl2N2. The van der Waals surface area contributed by atoms with Crippen LogP contribution in [0.5, 0.6) is 0 Å². The van der Waals surface area contributed by atoms with Crippen LogP contribution in [0.15, 0.2) is 158 Å². The summed E-state index contributed by atoms with van der Waals surface area (Å²) in [4.78, 5) is 0. The third kappa shape index (κ3) is 7.55. The van der Waals surface area contributed by atoms with Crippen LogP contribution in [0.2, 0.25) is 0 Å². The van der Waals surface area contributed by atoms with E-state index in [0.29, 0.717) is 13.1 Å². The van der Waals surface area contributed by atoms with Crippen LogP contribution in [-0.4, -0.2) is 0 Å². The van der Waals surface area contributed by atoms with E-state index in [4.69, 9.17) is 11.5 Å². The molecule has 2 nitrogen and oxygen atoms in total. The molecule has 6 aromatic rings. The zero-order chi connectivity index (χ0) is 27.6. The molecule has 0 saturated carbocycles. The summed E-state index contributed by atoms with van der Waals surface area (Å²) < 4.78 is 0. The first-order chi connectivity index (χ1) is 19.8. The van der Waals surface area contributed by atoms with Gasteiger partial charge in [0.25, 0.3) is 0 Å². The summed E-state index contributed by atoms with van der Waals surface area (Å²) in [5.74, 6) is 0. The smallest absolute Gasteiger partial charge is 0.0184 e. The Labute approximate surface area is 261 Å². The van der Waals surface area contributed by atoms with Crippen molar-refractivity contribution in [2.45, 2.75) is 13.1 Å². The van der Waals surface area contributed by atoms with Crippen molar-refractivity contribution in [1.82, 2.24) is 0 Å². The van der Waals surface area contributed by atoms with Gasteiger partial charge in [-0.2, -0.15) is 0 Å². The molecule has 0 bridgehead atoms. The van der Waals surface area contributed by atoms with Crippen molar-refractivity contribution in [3.63, 3.8) is 0 Å². The summed E-state index contributed by atoms with van der Waals surface area (Å²) in [6, 6.07) is 54.6. The van der Waals surface area contributed by atoms with Crippen LogP contribution in [0.4, 0.5) is 0 Å². The third-order valence-electron chi connectivity index (χ3n) is 7.08. The van der Waals surface area contributed by atoms with Gasteiger partial charge in [0.1, 0.15) is 0 Å². The van der Waals surface area contributed by atoms with Gasteiger partial charge >= 0.3 is 0 Å². The molecule has 4 heteroatoms. The van der Waals surface area contributed by atoms with Gasteiger partial charge in [0.05, 0.1) is 0 Å². The predicted molar refractivity (Wildman–Crippen MR) is 185 cm³/mol. The number of rotatable bonds is 6. The Morgan fingerprint density at radius 1 is 0.286 bits per heavy atom. The van der Waals surface area contributed by atoms with E-state index in [0.717, 1.165) is 0 Å². The third-order valence-corrected chi connectivity index (χ3v) is 7.08. The van der Waals surface area contributed by atoms with E-state index in [1.165, 1.54) is 55.6 Å². The van der Waals surface area contributed by atoms with Gasteiger partial charge in [-0.25, -0.2) is 0 Å². The summed E-state index contributed by atoms with van der Waals surface area (Å²) >= 11 is 0. The van der Waals surface area contributed by atoms with E-state index in [-0.39, 0.29) is 24.8 Å². The van der Waals surface area contributed by atoms with Crippen LogP contribution in [-0.2, 0) is 13.1 Å². The molecule has 0 radical (unpaired) electrons. The van der Waals surface area contributed by atoms with Gasteiger partial charge in [-0.05, 0) is 55.6 Å². The van der Waals surface area contributed by atoms with Crippen molar-refractivity contribution in [3.8, 4) is 44.5 Å². The summed E-state index contributed by atoms with van der Waals surface area (Å²) in [5.41, 5.74) is 24.0. The number of hydrogen-bond acceptors (Lipinski definition) is 2. The molecule has 0 heterocycles. The maximum Gasteiger partial charge on any atom is 0.0184 e. The molecule has 0 spiro atoms. The lowest BCUT2D eigenvalue weighted by atomic mass is 9.92. The molecule has 0 aromatic heterocycles. The molecule has 0 amide bonds. The van der Waals surface area contributed by atoms with Crippen LogP contribution >= 0.6 is 24.8 Å². The van der Waals surface area contributed by atoms with Gasteiger partial charge < -0.3 is 11.5 Å². The zero-order valence-corrected chi connectivity index (χ0v) is 25.0. The molecule has 6 aromatic carbocycles. The van der Waals surface area contributed by atoms with E-state index in [1.54, 1.807) is 0 Å². The molecule has 0 aliphatic carbocycles. The van der Waals surface area contributed by atoms with Crippen LogP contribution in [0.25, 0.3) is 44.5 Å². The average molecular weight is 592 g/mol. The lowest BCUT2D eigenvalue weighted by Crippen LogP contribution is -1.99. The van der Waals surface area contributed by atoms with Gasteiger partial charge in [-0.15, -0.1) is 24.8 Å². The highest BCUT2D eigenvalue weighted by atomic mass is 35.5. The Hall–Kier alpha value is -4.18. The van der Waals surface area contributed by atoms with Crippen molar-refractivity contribution in [2.75, 3.05) is 0 Å². The lowest BCUT2D eigenvalue weighted by Gasteiger charge is -2.13. The molecule has 0 aliphatic rings. The van der Waals surface area contributed by atoms with Crippen LogP contribution in [0.1, 0.15) is 11.1 Å². The SMILES string of the molecule is Cl.Cl.NCc1ccccc1-c1ccccc1-c1ccccc1.NCc1ccccc1-c1ccccc1-c1ccccc1. The Morgan fingerprint density at radius 2 is 0.548 bits per heavy atom. The molecule has 0 aliphatic heterocycles. The standard InChI is InChI=1S/2C19H17N.2ClH/c2*20-14-16-10-4-5-12-18(16)19-13-7-6-11-17(19)15-8-2-1-3-9-15;;/h2*1-13H,14,20H2;2*1H. The number of halogens is 2. The fraction of sp³-hybridized carbons (Fsp3) is 0.0526. The van der Waals surface area contributed by atoms with Gasteiger partial charge in [0.2, 0.25) is 0 Å². The van der Waals surface area contributed by atoms with E-state index in [2.05, 4.69) is 133 Å². The van der Waals surface area contributed by atoms with Crippen LogP contribution < -0.4 is 11.5 Å². The highest BCUT2D eigenvalue weighted by Gasteiger charge is 2.10. The molecule has 0 unspecified atom stereocenters. The van der Waals surface area contributed by atoms with Crippen LogP contribution in [0, 0.1) is 0 Å². The predicted octanol–water partition coefficient (Wildman–Crippen LogP) is 9.80. The van der Waals surface area contributed by atoms with Crippen molar-refractivity contribution in [1.29, 1.82) is 0 Å². The molecule has 42 heavy (non-hydrogen) atoms. The summed E-state index contributed by atoms with van der Waals surface area (Å²) in [6.07, 6.45) is 0. The topological polar surface area (TPSA) is 52.0 Å². The van der Waals surface area contributed by atoms with Crippen molar-refractivity contribution < 1.29 is 0 Å². The first-order valence-electron chi connectivity index (χ1n) is 13.7.